The Labute approximate surface area is 174 Å². The summed E-state index contributed by atoms with van der Waals surface area (Å²) in [6, 6.07) is 10.6. The van der Waals surface area contributed by atoms with Gasteiger partial charge in [0.2, 0.25) is 0 Å². The van der Waals surface area contributed by atoms with E-state index in [1.807, 2.05) is 13.0 Å². The summed E-state index contributed by atoms with van der Waals surface area (Å²) in [5.41, 5.74) is 2.52. The predicted molar refractivity (Wildman–Crippen MR) is 122 cm³/mol. The zero-order chi connectivity index (χ0) is 21.5. The number of rotatable bonds is 10. The van der Waals surface area contributed by atoms with E-state index in [0.29, 0.717) is 5.92 Å². The molecule has 0 aromatic heterocycles. The Kier molecular flexibility index (Phi) is 9.61. The highest BCUT2D eigenvalue weighted by molar-refractivity contribution is 6.74. The minimum Gasteiger partial charge on any atom is -0.410 e. The SMILES string of the molecule is C/C(=C\[C@@H](C)CCc1ccccc1)[C@H](O[Si](C)(C)C(C)(C)C)[C@H](C)C(O)CO. The van der Waals surface area contributed by atoms with Gasteiger partial charge in [-0.25, -0.2) is 0 Å². The molecule has 0 aliphatic rings. The molecule has 1 aromatic rings. The highest BCUT2D eigenvalue weighted by Crippen LogP contribution is 2.39. The molecule has 0 heterocycles. The van der Waals surface area contributed by atoms with Crippen LogP contribution in [0.3, 0.4) is 0 Å². The zero-order valence-corrected chi connectivity index (χ0v) is 20.2. The van der Waals surface area contributed by atoms with Crippen molar-refractivity contribution in [2.75, 3.05) is 6.61 Å². The Balaban J connectivity index is 2.95. The van der Waals surface area contributed by atoms with Gasteiger partial charge >= 0.3 is 0 Å². The second-order valence-electron chi connectivity index (χ2n) is 9.82. The fourth-order valence-corrected chi connectivity index (χ4v) is 4.53. The summed E-state index contributed by atoms with van der Waals surface area (Å²) in [6.07, 6.45) is 3.46. The first-order valence-corrected chi connectivity index (χ1v) is 13.5. The number of hydrogen-bond donors (Lipinski definition) is 2. The minimum absolute atomic E-state index is 0.0916. The molecule has 1 rings (SSSR count). The second kappa shape index (κ2) is 10.7. The van der Waals surface area contributed by atoms with Crippen molar-refractivity contribution < 1.29 is 14.6 Å². The molecule has 4 atom stereocenters. The highest BCUT2D eigenvalue weighted by atomic mass is 28.4. The fraction of sp³-hybridized carbons (Fsp3) is 0.667. The molecule has 1 unspecified atom stereocenters. The molecule has 3 nitrogen and oxygen atoms in total. The molecule has 0 saturated heterocycles. The standard InChI is InChI=1S/C24H42O3Si/c1-18(14-15-21-12-10-9-11-13-21)16-19(2)23(20(3)22(26)17-25)27-28(7,8)24(4,5)6/h9-13,16,18,20,22-23,25-26H,14-15,17H2,1-8H3/b19-16+/t18-,20+,22?,23-/m0/s1. The highest BCUT2D eigenvalue weighted by Gasteiger charge is 2.41. The Bertz CT molecular complexity index is 604. The lowest BCUT2D eigenvalue weighted by molar-refractivity contribution is 0.00870. The number of aliphatic hydroxyl groups is 2. The average Bonchev–Trinajstić information content (AvgIpc) is 2.63. The Morgan fingerprint density at radius 3 is 2.21 bits per heavy atom. The van der Waals surface area contributed by atoms with E-state index < -0.39 is 14.4 Å². The van der Waals surface area contributed by atoms with Crippen molar-refractivity contribution in [3.63, 3.8) is 0 Å². The monoisotopic (exact) mass is 406 g/mol. The molecular formula is C24H42O3Si. The van der Waals surface area contributed by atoms with Crippen LogP contribution in [-0.2, 0) is 10.8 Å². The normalized spacial score (nSPS) is 17.9. The molecule has 0 amide bonds. The van der Waals surface area contributed by atoms with Gasteiger partial charge in [-0.1, -0.05) is 71.0 Å². The fourth-order valence-electron chi connectivity index (χ4n) is 3.14. The molecule has 4 heteroatoms. The Morgan fingerprint density at radius 2 is 1.71 bits per heavy atom. The summed E-state index contributed by atoms with van der Waals surface area (Å²) >= 11 is 0. The van der Waals surface area contributed by atoms with Gasteiger partial charge in [0.15, 0.2) is 8.32 Å². The summed E-state index contributed by atoms with van der Waals surface area (Å²) in [5, 5.41) is 19.9. The quantitative estimate of drug-likeness (QED) is 0.394. The van der Waals surface area contributed by atoms with Crippen molar-refractivity contribution in [3.8, 4) is 0 Å². The van der Waals surface area contributed by atoms with Crippen LogP contribution in [-0.4, -0.2) is 37.3 Å². The van der Waals surface area contributed by atoms with Crippen molar-refractivity contribution in [2.24, 2.45) is 11.8 Å². The van der Waals surface area contributed by atoms with Gasteiger partial charge in [-0.15, -0.1) is 0 Å². The third-order valence-corrected chi connectivity index (χ3v) is 10.7. The molecule has 0 fully saturated rings. The maximum atomic E-state index is 10.3. The maximum absolute atomic E-state index is 10.3. The summed E-state index contributed by atoms with van der Waals surface area (Å²) in [7, 11) is -2.01. The Hall–Kier alpha value is -0.943. The first kappa shape index (κ1) is 25.1. The van der Waals surface area contributed by atoms with Crippen LogP contribution in [0.2, 0.25) is 18.1 Å². The number of aryl methyl sites for hydroxylation is 1. The Morgan fingerprint density at radius 1 is 1.14 bits per heavy atom. The van der Waals surface area contributed by atoms with E-state index >= 15 is 0 Å². The van der Waals surface area contributed by atoms with Crippen molar-refractivity contribution in [1.29, 1.82) is 0 Å². The van der Waals surface area contributed by atoms with Crippen molar-refractivity contribution >= 4 is 8.32 Å². The molecule has 2 N–H and O–H groups in total. The number of hydrogen-bond acceptors (Lipinski definition) is 3. The first-order chi connectivity index (χ1) is 12.9. The van der Waals surface area contributed by atoms with Gasteiger partial charge in [-0.05, 0) is 55.0 Å². The van der Waals surface area contributed by atoms with Crippen LogP contribution >= 0.6 is 0 Å². The lowest BCUT2D eigenvalue weighted by Crippen LogP contribution is -2.48. The van der Waals surface area contributed by atoms with E-state index in [-0.39, 0.29) is 23.7 Å². The molecule has 0 aliphatic heterocycles. The molecule has 0 spiro atoms. The maximum Gasteiger partial charge on any atom is 0.192 e. The van der Waals surface area contributed by atoms with E-state index in [4.69, 9.17) is 4.43 Å². The molecule has 1 aromatic carbocycles. The van der Waals surface area contributed by atoms with Crippen molar-refractivity contribution in [2.45, 2.75) is 84.7 Å². The third-order valence-electron chi connectivity index (χ3n) is 6.23. The van der Waals surface area contributed by atoms with Crippen LogP contribution in [0.15, 0.2) is 42.0 Å². The molecule has 28 heavy (non-hydrogen) atoms. The summed E-state index contributed by atoms with van der Waals surface area (Å²) in [5.74, 6) is 0.265. The smallest absolute Gasteiger partial charge is 0.192 e. The lowest BCUT2D eigenvalue weighted by atomic mass is 9.90. The average molecular weight is 407 g/mol. The van der Waals surface area contributed by atoms with Crippen LogP contribution in [0, 0.1) is 11.8 Å². The van der Waals surface area contributed by atoms with Crippen molar-refractivity contribution in [1.82, 2.24) is 0 Å². The third kappa shape index (κ3) is 7.47. The number of allylic oxidation sites excluding steroid dienone is 1. The van der Waals surface area contributed by atoms with Gasteiger partial charge in [-0.2, -0.15) is 0 Å². The van der Waals surface area contributed by atoms with Crippen LogP contribution < -0.4 is 0 Å². The van der Waals surface area contributed by atoms with Crippen LogP contribution in [0.25, 0.3) is 0 Å². The van der Waals surface area contributed by atoms with Gasteiger partial charge in [0.1, 0.15) is 0 Å². The molecule has 0 saturated carbocycles. The number of aliphatic hydroxyl groups excluding tert-OH is 2. The topological polar surface area (TPSA) is 49.7 Å². The van der Waals surface area contributed by atoms with E-state index in [1.165, 1.54) is 5.56 Å². The minimum atomic E-state index is -2.01. The predicted octanol–water partition coefficient (Wildman–Crippen LogP) is 5.58. The molecule has 0 radical (unpaired) electrons. The zero-order valence-electron chi connectivity index (χ0n) is 19.2. The first-order valence-electron chi connectivity index (χ1n) is 10.6. The summed E-state index contributed by atoms with van der Waals surface area (Å²) < 4.78 is 6.71. The van der Waals surface area contributed by atoms with E-state index in [1.54, 1.807) is 0 Å². The van der Waals surface area contributed by atoms with Crippen LogP contribution in [0.5, 0.6) is 0 Å². The lowest BCUT2D eigenvalue weighted by Gasteiger charge is -2.42. The van der Waals surface area contributed by atoms with Gasteiger partial charge < -0.3 is 14.6 Å². The molecule has 160 valence electrons. The van der Waals surface area contributed by atoms with Crippen LogP contribution in [0.4, 0.5) is 0 Å². The van der Waals surface area contributed by atoms with E-state index in [9.17, 15) is 10.2 Å². The van der Waals surface area contributed by atoms with Gasteiger partial charge in [-0.3, -0.25) is 0 Å². The molecule has 0 bridgehead atoms. The molecule has 0 aliphatic carbocycles. The van der Waals surface area contributed by atoms with Gasteiger partial charge in [0.05, 0.1) is 18.8 Å². The van der Waals surface area contributed by atoms with E-state index in [0.717, 1.165) is 18.4 Å². The van der Waals surface area contributed by atoms with E-state index in [2.05, 4.69) is 78.1 Å². The summed E-state index contributed by atoms with van der Waals surface area (Å²) in [6.45, 7) is 17.2. The second-order valence-corrected chi connectivity index (χ2v) is 14.6. The van der Waals surface area contributed by atoms with Crippen LogP contribution in [0.1, 0.15) is 53.5 Å². The van der Waals surface area contributed by atoms with Gasteiger partial charge in [0.25, 0.3) is 0 Å². The van der Waals surface area contributed by atoms with Crippen molar-refractivity contribution in [3.05, 3.63) is 47.5 Å². The molecular weight excluding hydrogens is 364 g/mol. The summed E-state index contributed by atoms with van der Waals surface area (Å²) in [4.78, 5) is 0. The van der Waals surface area contributed by atoms with Gasteiger partial charge in [0, 0.05) is 5.92 Å². The number of benzene rings is 1. The largest absolute Gasteiger partial charge is 0.410 e.